The fourth-order valence-electron chi connectivity index (χ4n) is 2.67. The van der Waals surface area contributed by atoms with Gasteiger partial charge in [-0.1, -0.05) is 0 Å². The summed E-state index contributed by atoms with van der Waals surface area (Å²) >= 11 is 0. The lowest BCUT2D eigenvalue weighted by molar-refractivity contribution is 0.0218. The molecule has 1 fully saturated rings. The number of hydrogen-bond acceptors (Lipinski definition) is 6. The molecular weight excluding hydrogens is 329 g/mol. The van der Waals surface area contributed by atoms with Crippen LogP contribution in [0.15, 0.2) is 12.1 Å². The first-order chi connectivity index (χ1) is 11.6. The van der Waals surface area contributed by atoms with Crippen LogP contribution in [0.1, 0.15) is 38.2 Å². The highest BCUT2D eigenvalue weighted by Crippen LogP contribution is 2.24. The molecule has 0 radical (unpaired) electrons. The summed E-state index contributed by atoms with van der Waals surface area (Å²) in [5.41, 5.74) is -0.343. The number of carbonyl (C=O) groups is 2. The monoisotopic (exact) mass is 353 g/mol. The van der Waals surface area contributed by atoms with E-state index in [4.69, 9.17) is 4.74 Å². The van der Waals surface area contributed by atoms with Gasteiger partial charge in [0.05, 0.1) is 12.8 Å². The van der Waals surface area contributed by atoms with E-state index < -0.39 is 17.5 Å². The molecule has 1 aliphatic heterocycles. The molecule has 1 saturated heterocycles. The topological polar surface area (TPSA) is 72.0 Å². The molecule has 0 saturated carbocycles. The third-order valence-electron chi connectivity index (χ3n) is 3.81. The smallest absolute Gasteiger partial charge is 0.410 e. The van der Waals surface area contributed by atoms with Gasteiger partial charge in [0, 0.05) is 25.7 Å². The zero-order valence-electron chi connectivity index (χ0n) is 15.2. The minimum Gasteiger partial charge on any atom is -0.464 e. The van der Waals surface area contributed by atoms with Crippen LogP contribution >= 0.6 is 0 Å². The molecule has 8 heteroatoms. The van der Waals surface area contributed by atoms with E-state index >= 15 is 0 Å². The molecule has 1 atom stereocenters. The highest BCUT2D eigenvalue weighted by Gasteiger charge is 2.31. The molecule has 0 aromatic carbocycles. The van der Waals surface area contributed by atoms with Gasteiger partial charge in [-0.2, -0.15) is 4.39 Å². The largest absolute Gasteiger partial charge is 0.464 e. The van der Waals surface area contributed by atoms with Gasteiger partial charge in [-0.3, -0.25) is 0 Å². The van der Waals surface area contributed by atoms with Crippen molar-refractivity contribution in [1.29, 1.82) is 0 Å². The van der Waals surface area contributed by atoms with E-state index in [1.807, 2.05) is 32.6 Å². The van der Waals surface area contributed by atoms with Crippen LogP contribution in [0.4, 0.5) is 14.9 Å². The maximum Gasteiger partial charge on any atom is 0.410 e. The minimum absolute atomic E-state index is 0.0798. The molecule has 138 valence electrons. The Labute approximate surface area is 146 Å². The second kappa shape index (κ2) is 7.25. The van der Waals surface area contributed by atoms with Gasteiger partial charge in [0.15, 0.2) is 5.69 Å². The Balaban J connectivity index is 2.09. The van der Waals surface area contributed by atoms with Gasteiger partial charge in [0.25, 0.3) is 0 Å². The second-order valence-electron chi connectivity index (χ2n) is 6.97. The fourth-order valence-corrected chi connectivity index (χ4v) is 2.67. The van der Waals surface area contributed by atoms with Crippen molar-refractivity contribution < 1.29 is 23.5 Å². The van der Waals surface area contributed by atoms with Crippen LogP contribution in [-0.4, -0.2) is 60.3 Å². The molecule has 1 aromatic heterocycles. The number of carbonyl (C=O) groups excluding carboxylic acids is 2. The fraction of sp³-hybridized carbons (Fsp3) is 0.588. The standard InChI is InChI=1S/C17H24FN3O4/c1-11-10-20(16(23)25-17(2,3)4)8-9-21(11)13-7-6-12(15(22)24-5)19-14(13)18/h6-7,11H,8-10H2,1-5H3. The number of aromatic nitrogens is 1. The van der Waals surface area contributed by atoms with Gasteiger partial charge in [-0.05, 0) is 39.8 Å². The third-order valence-corrected chi connectivity index (χ3v) is 3.81. The second-order valence-corrected chi connectivity index (χ2v) is 6.97. The van der Waals surface area contributed by atoms with Crippen LogP contribution in [0.5, 0.6) is 0 Å². The molecule has 2 rings (SSSR count). The first-order valence-electron chi connectivity index (χ1n) is 8.12. The number of halogens is 1. The van der Waals surface area contributed by atoms with E-state index in [1.165, 1.54) is 19.2 Å². The predicted octanol–water partition coefficient (Wildman–Crippen LogP) is 2.45. The maximum atomic E-state index is 14.3. The van der Waals surface area contributed by atoms with Crippen molar-refractivity contribution in [2.45, 2.75) is 39.3 Å². The summed E-state index contributed by atoms with van der Waals surface area (Å²) in [7, 11) is 1.22. The zero-order valence-corrected chi connectivity index (χ0v) is 15.2. The SMILES string of the molecule is COC(=O)c1ccc(N2CCN(C(=O)OC(C)(C)C)CC2C)c(F)n1. The van der Waals surface area contributed by atoms with Crippen molar-refractivity contribution in [1.82, 2.24) is 9.88 Å². The first kappa shape index (κ1) is 19.0. The number of esters is 1. The minimum atomic E-state index is -0.736. The molecule has 1 amide bonds. The number of nitrogens with zero attached hydrogens (tertiary/aromatic N) is 3. The Bertz CT molecular complexity index is 660. The van der Waals surface area contributed by atoms with Crippen LogP contribution < -0.4 is 4.90 Å². The van der Waals surface area contributed by atoms with E-state index in [0.29, 0.717) is 25.3 Å². The summed E-state index contributed by atoms with van der Waals surface area (Å²) in [6, 6.07) is 2.81. The predicted molar refractivity (Wildman–Crippen MR) is 90.1 cm³/mol. The molecule has 2 heterocycles. The Kier molecular flexibility index (Phi) is 5.49. The lowest BCUT2D eigenvalue weighted by atomic mass is 10.1. The number of ether oxygens (including phenoxy) is 2. The molecular formula is C17H24FN3O4. The van der Waals surface area contributed by atoms with Crippen molar-refractivity contribution >= 4 is 17.7 Å². The van der Waals surface area contributed by atoms with Crippen molar-refractivity contribution in [3.63, 3.8) is 0 Å². The highest BCUT2D eigenvalue weighted by molar-refractivity contribution is 5.87. The normalized spacial score (nSPS) is 18.1. The van der Waals surface area contributed by atoms with E-state index in [0.717, 1.165) is 0 Å². The molecule has 1 aromatic rings. The maximum absolute atomic E-state index is 14.3. The average molecular weight is 353 g/mol. The summed E-state index contributed by atoms with van der Waals surface area (Å²) in [6.07, 6.45) is -0.376. The van der Waals surface area contributed by atoms with Crippen molar-refractivity contribution in [3.8, 4) is 0 Å². The lowest BCUT2D eigenvalue weighted by Crippen LogP contribution is -2.54. The van der Waals surface area contributed by atoms with Gasteiger partial charge >= 0.3 is 12.1 Å². The number of hydrogen-bond donors (Lipinski definition) is 0. The molecule has 0 aliphatic carbocycles. The van der Waals surface area contributed by atoms with E-state index in [1.54, 1.807) is 4.90 Å². The molecule has 25 heavy (non-hydrogen) atoms. The first-order valence-corrected chi connectivity index (χ1v) is 8.12. The molecule has 1 aliphatic rings. The van der Waals surface area contributed by atoms with Crippen molar-refractivity contribution in [2.75, 3.05) is 31.6 Å². The highest BCUT2D eigenvalue weighted by atomic mass is 19.1. The molecule has 1 unspecified atom stereocenters. The van der Waals surface area contributed by atoms with Gasteiger partial charge in [0.1, 0.15) is 5.60 Å². The summed E-state index contributed by atoms with van der Waals surface area (Å²) in [4.78, 5) is 30.7. The lowest BCUT2D eigenvalue weighted by Gasteiger charge is -2.41. The Hall–Kier alpha value is -2.38. The number of amides is 1. The van der Waals surface area contributed by atoms with Crippen molar-refractivity contribution in [2.24, 2.45) is 0 Å². The Morgan fingerprint density at radius 2 is 1.96 bits per heavy atom. The average Bonchev–Trinajstić information content (AvgIpc) is 2.52. The summed E-state index contributed by atoms with van der Waals surface area (Å²) in [6.45, 7) is 8.60. The van der Waals surface area contributed by atoms with E-state index in [9.17, 15) is 14.0 Å². The number of pyridine rings is 1. The van der Waals surface area contributed by atoms with Crippen LogP contribution in [0.3, 0.4) is 0 Å². The summed E-state index contributed by atoms with van der Waals surface area (Å²) in [5, 5.41) is 0. The number of anilines is 1. The quantitative estimate of drug-likeness (QED) is 0.601. The van der Waals surface area contributed by atoms with Gasteiger partial charge in [-0.25, -0.2) is 14.6 Å². The number of piperazine rings is 1. The van der Waals surface area contributed by atoms with Crippen molar-refractivity contribution in [3.05, 3.63) is 23.8 Å². The van der Waals surface area contributed by atoms with Crippen LogP contribution in [0.2, 0.25) is 0 Å². The number of methoxy groups -OCH3 is 1. The molecule has 0 spiro atoms. The van der Waals surface area contributed by atoms with Crippen LogP contribution in [0.25, 0.3) is 0 Å². The third kappa shape index (κ3) is 4.58. The van der Waals surface area contributed by atoms with Gasteiger partial charge < -0.3 is 19.3 Å². The van der Waals surface area contributed by atoms with E-state index in [2.05, 4.69) is 9.72 Å². The Morgan fingerprint density at radius 1 is 1.28 bits per heavy atom. The summed E-state index contributed by atoms with van der Waals surface area (Å²) < 4.78 is 24.2. The Morgan fingerprint density at radius 3 is 2.48 bits per heavy atom. The van der Waals surface area contributed by atoms with Gasteiger partial charge in [0.2, 0.25) is 5.95 Å². The number of rotatable bonds is 2. The molecule has 0 N–H and O–H groups in total. The van der Waals surface area contributed by atoms with Crippen LogP contribution in [-0.2, 0) is 9.47 Å². The van der Waals surface area contributed by atoms with Crippen LogP contribution in [0, 0.1) is 5.95 Å². The zero-order chi connectivity index (χ0) is 18.8. The summed E-state index contributed by atoms with van der Waals surface area (Å²) in [5.74, 6) is -1.42. The van der Waals surface area contributed by atoms with Gasteiger partial charge in [-0.15, -0.1) is 0 Å². The molecule has 0 bridgehead atoms. The molecule has 7 nitrogen and oxygen atoms in total. The van der Waals surface area contributed by atoms with E-state index in [-0.39, 0.29) is 17.8 Å².